The van der Waals surface area contributed by atoms with E-state index in [0.717, 1.165) is 0 Å². The molecule has 0 aliphatic rings. The van der Waals surface area contributed by atoms with E-state index in [9.17, 15) is 14.0 Å². The van der Waals surface area contributed by atoms with Crippen molar-refractivity contribution in [1.29, 1.82) is 0 Å². The van der Waals surface area contributed by atoms with Crippen LogP contribution in [0.3, 0.4) is 0 Å². The Morgan fingerprint density at radius 2 is 2.09 bits per heavy atom. The maximum atomic E-state index is 13.8. The normalized spacial score (nSPS) is 11.0. The molecule has 2 aromatic carbocycles. The summed E-state index contributed by atoms with van der Waals surface area (Å²) in [5.41, 5.74) is 0.409. The monoisotopic (exact) mass is 302 g/mol. The molecule has 0 radical (unpaired) electrons. The number of carboxylic acids is 1. The predicted octanol–water partition coefficient (Wildman–Crippen LogP) is 2.86. The molecule has 0 fully saturated rings. The van der Waals surface area contributed by atoms with Crippen LogP contribution in [0.5, 0.6) is 5.75 Å². The van der Waals surface area contributed by atoms with Crippen LogP contribution in [-0.2, 0) is 4.79 Å². The van der Waals surface area contributed by atoms with Crippen molar-refractivity contribution in [1.82, 2.24) is 0 Å². The van der Waals surface area contributed by atoms with Crippen LogP contribution < -0.4 is 10.2 Å². The summed E-state index contributed by atoms with van der Waals surface area (Å²) in [5.74, 6) is -1.45. The molecule has 0 amide bonds. The van der Waals surface area contributed by atoms with Gasteiger partial charge in [-0.1, -0.05) is 6.07 Å². The summed E-state index contributed by atoms with van der Waals surface area (Å²) in [4.78, 5) is 23.0. The lowest BCUT2D eigenvalue weighted by Gasteiger charge is -2.10. The molecule has 0 atom stereocenters. The summed E-state index contributed by atoms with van der Waals surface area (Å²) in [7, 11) is 0. The fourth-order valence-electron chi connectivity index (χ4n) is 2.33. The molecule has 0 aliphatic heterocycles. The number of rotatable bonds is 3. The summed E-state index contributed by atoms with van der Waals surface area (Å²) in [6.45, 7) is 1.15. The minimum atomic E-state index is -1.11. The van der Waals surface area contributed by atoms with E-state index in [0.29, 0.717) is 11.3 Å². The molecule has 0 unspecified atom stereocenters. The zero-order valence-electron chi connectivity index (χ0n) is 11.6. The largest absolute Gasteiger partial charge is 0.481 e. The summed E-state index contributed by atoms with van der Waals surface area (Å²) in [6.07, 6.45) is 0. The number of aryl methyl sites for hydroxylation is 1. The van der Waals surface area contributed by atoms with Gasteiger partial charge in [-0.05, 0) is 31.2 Å². The van der Waals surface area contributed by atoms with Crippen molar-refractivity contribution in [2.75, 3.05) is 6.61 Å². The van der Waals surface area contributed by atoms with Crippen molar-refractivity contribution in [2.24, 2.45) is 0 Å². The molecule has 3 rings (SSSR count). The van der Waals surface area contributed by atoms with Crippen molar-refractivity contribution < 1.29 is 23.4 Å². The van der Waals surface area contributed by atoms with Crippen molar-refractivity contribution >= 4 is 27.9 Å². The second kappa shape index (κ2) is 5.14. The van der Waals surface area contributed by atoms with E-state index < -0.39 is 23.8 Å². The van der Waals surface area contributed by atoms with E-state index in [-0.39, 0.29) is 21.9 Å². The maximum absolute atomic E-state index is 13.8. The van der Waals surface area contributed by atoms with E-state index in [1.54, 1.807) is 6.92 Å². The standard InChI is InChI=1S/C16H11FO5/c1-8-11(21-7-13(18)19)6-5-9-15(20)14-10(17)3-2-4-12(14)22-16(8)9/h2-6H,7H2,1H3,(H,18,19). The fourth-order valence-corrected chi connectivity index (χ4v) is 2.33. The number of halogens is 1. The molecule has 0 aliphatic carbocycles. The second-order valence-electron chi connectivity index (χ2n) is 4.79. The highest BCUT2D eigenvalue weighted by atomic mass is 19.1. The van der Waals surface area contributed by atoms with Gasteiger partial charge in [-0.3, -0.25) is 4.79 Å². The van der Waals surface area contributed by atoms with Gasteiger partial charge in [0, 0.05) is 5.56 Å². The van der Waals surface area contributed by atoms with E-state index in [4.69, 9.17) is 14.3 Å². The average molecular weight is 302 g/mol. The molecule has 1 heterocycles. The molecule has 112 valence electrons. The van der Waals surface area contributed by atoms with Crippen LogP contribution >= 0.6 is 0 Å². The number of ether oxygens (including phenoxy) is 1. The molecule has 1 aromatic heterocycles. The number of benzene rings is 2. The van der Waals surface area contributed by atoms with Gasteiger partial charge >= 0.3 is 5.97 Å². The number of hydrogen-bond donors (Lipinski definition) is 1. The van der Waals surface area contributed by atoms with Crippen molar-refractivity contribution in [2.45, 2.75) is 6.92 Å². The zero-order valence-corrected chi connectivity index (χ0v) is 11.6. The Hall–Kier alpha value is -2.89. The van der Waals surface area contributed by atoms with Gasteiger partial charge in [0.25, 0.3) is 0 Å². The van der Waals surface area contributed by atoms with Gasteiger partial charge in [-0.15, -0.1) is 0 Å². The van der Waals surface area contributed by atoms with Gasteiger partial charge in [-0.2, -0.15) is 0 Å². The lowest BCUT2D eigenvalue weighted by molar-refractivity contribution is -0.139. The SMILES string of the molecule is Cc1c(OCC(=O)O)ccc2c(=O)c3c(F)cccc3oc12. The van der Waals surface area contributed by atoms with Crippen LogP contribution in [0, 0.1) is 12.7 Å². The topological polar surface area (TPSA) is 76.7 Å². The van der Waals surface area contributed by atoms with Gasteiger partial charge in [-0.25, -0.2) is 9.18 Å². The Morgan fingerprint density at radius 1 is 1.32 bits per heavy atom. The lowest BCUT2D eigenvalue weighted by atomic mass is 10.1. The first-order valence-electron chi connectivity index (χ1n) is 6.48. The fraction of sp³-hybridized carbons (Fsp3) is 0.125. The molecule has 22 heavy (non-hydrogen) atoms. The Bertz CT molecular complexity index is 958. The third-order valence-corrected chi connectivity index (χ3v) is 3.37. The highest BCUT2D eigenvalue weighted by Gasteiger charge is 2.15. The first kappa shape index (κ1) is 14.1. The molecule has 3 aromatic rings. The first-order chi connectivity index (χ1) is 10.5. The molecule has 5 nitrogen and oxygen atoms in total. The van der Waals surface area contributed by atoms with Gasteiger partial charge in [0.2, 0.25) is 5.43 Å². The summed E-state index contributed by atoms with van der Waals surface area (Å²) >= 11 is 0. The van der Waals surface area contributed by atoms with Crippen molar-refractivity contribution in [3.63, 3.8) is 0 Å². The maximum Gasteiger partial charge on any atom is 0.341 e. The Labute approximate surface area is 123 Å². The average Bonchev–Trinajstić information content (AvgIpc) is 2.47. The molecule has 1 N–H and O–H groups in total. The Kier molecular flexibility index (Phi) is 3.29. The Morgan fingerprint density at radius 3 is 2.82 bits per heavy atom. The molecule has 0 spiro atoms. The Balaban J connectivity index is 2.29. The van der Waals surface area contributed by atoms with Crippen LogP contribution in [0.1, 0.15) is 5.56 Å². The van der Waals surface area contributed by atoms with Gasteiger partial charge in [0.1, 0.15) is 28.1 Å². The smallest absolute Gasteiger partial charge is 0.341 e. The number of fused-ring (bicyclic) bond motifs is 2. The molecular formula is C16H11FO5. The summed E-state index contributed by atoms with van der Waals surface area (Å²) < 4.78 is 24.6. The van der Waals surface area contributed by atoms with Crippen LogP contribution in [-0.4, -0.2) is 17.7 Å². The van der Waals surface area contributed by atoms with E-state index in [1.165, 1.54) is 30.3 Å². The number of carboxylic acid groups (broad SMARTS) is 1. The third kappa shape index (κ3) is 2.18. The quantitative estimate of drug-likeness (QED) is 0.753. The molecule has 0 bridgehead atoms. The van der Waals surface area contributed by atoms with Crippen LogP contribution in [0.15, 0.2) is 39.5 Å². The minimum Gasteiger partial charge on any atom is -0.481 e. The van der Waals surface area contributed by atoms with Crippen LogP contribution in [0.2, 0.25) is 0 Å². The van der Waals surface area contributed by atoms with Crippen molar-refractivity contribution in [3.8, 4) is 5.75 Å². The van der Waals surface area contributed by atoms with E-state index in [2.05, 4.69) is 0 Å². The molecular weight excluding hydrogens is 291 g/mol. The highest BCUT2D eigenvalue weighted by Crippen LogP contribution is 2.28. The molecule has 6 heteroatoms. The molecule has 0 saturated carbocycles. The first-order valence-corrected chi connectivity index (χ1v) is 6.48. The minimum absolute atomic E-state index is 0.103. The summed E-state index contributed by atoms with van der Waals surface area (Å²) in [5, 5.41) is 8.77. The van der Waals surface area contributed by atoms with Gasteiger partial charge in [0.05, 0.1) is 5.39 Å². The number of aliphatic carboxylic acids is 1. The van der Waals surface area contributed by atoms with Crippen LogP contribution in [0.4, 0.5) is 4.39 Å². The highest BCUT2D eigenvalue weighted by molar-refractivity contribution is 5.92. The number of carbonyl (C=O) groups is 1. The van der Waals surface area contributed by atoms with E-state index >= 15 is 0 Å². The third-order valence-electron chi connectivity index (χ3n) is 3.37. The molecule has 0 saturated heterocycles. The summed E-state index contributed by atoms with van der Waals surface area (Å²) in [6, 6.07) is 7.07. The second-order valence-corrected chi connectivity index (χ2v) is 4.79. The van der Waals surface area contributed by atoms with Gasteiger partial charge in [0.15, 0.2) is 6.61 Å². The lowest BCUT2D eigenvalue weighted by Crippen LogP contribution is -2.11. The van der Waals surface area contributed by atoms with Gasteiger partial charge < -0.3 is 14.3 Å². The number of hydrogen-bond acceptors (Lipinski definition) is 4. The van der Waals surface area contributed by atoms with Crippen molar-refractivity contribution in [3.05, 3.63) is 51.9 Å². The predicted molar refractivity (Wildman–Crippen MR) is 77.8 cm³/mol. The zero-order chi connectivity index (χ0) is 15.9. The van der Waals surface area contributed by atoms with E-state index in [1.807, 2.05) is 0 Å². The van der Waals surface area contributed by atoms with Crippen LogP contribution in [0.25, 0.3) is 21.9 Å².